The van der Waals surface area contributed by atoms with Gasteiger partial charge in [0.05, 0.1) is 5.52 Å². The molecule has 0 spiro atoms. The van der Waals surface area contributed by atoms with Crippen molar-refractivity contribution in [3.8, 4) is 5.88 Å². The highest BCUT2D eigenvalue weighted by Gasteiger charge is 2.25. The molecule has 0 bridgehead atoms. The lowest BCUT2D eigenvalue weighted by molar-refractivity contribution is 0.456. The van der Waals surface area contributed by atoms with Crippen LogP contribution in [0.25, 0.3) is 10.2 Å². The lowest BCUT2D eigenvalue weighted by Crippen LogP contribution is -2.15. The van der Waals surface area contributed by atoms with E-state index in [9.17, 15) is 5.11 Å². The van der Waals surface area contributed by atoms with Gasteiger partial charge < -0.3 is 5.11 Å². The van der Waals surface area contributed by atoms with Crippen LogP contribution in [0.1, 0.15) is 51.2 Å². The first-order valence-corrected chi connectivity index (χ1v) is 7.22. The normalized spacial score (nSPS) is 12.3. The first-order chi connectivity index (χ1) is 8.73. The average Bonchev–Trinajstić information content (AvgIpc) is 2.73. The fraction of sp³-hybridized carbons (Fsp3) is 0.467. The maximum absolute atomic E-state index is 10.1. The summed E-state index contributed by atoms with van der Waals surface area (Å²) in [6.45, 7) is 14.4. The molecule has 3 nitrogen and oxygen atoms in total. The van der Waals surface area contributed by atoms with E-state index in [0.717, 1.165) is 20.7 Å². The number of hydrogen-bond acceptors (Lipinski definition) is 4. The molecule has 2 aromatic rings. The summed E-state index contributed by atoms with van der Waals surface area (Å²) in [5.74, 6) is 0.970. The molecule has 0 unspecified atom stereocenters. The number of nitrogens with zero attached hydrogens (tertiary/aromatic N) is 2. The smallest absolute Gasteiger partial charge is 0.232 e. The molecule has 102 valence electrons. The van der Waals surface area contributed by atoms with Crippen molar-refractivity contribution in [1.82, 2.24) is 9.97 Å². The van der Waals surface area contributed by atoms with Gasteiger partial charge >= 0.3 is 0 Å². The number of aromatic hydroxyl groups is 1. The second kappa shape index (κ2) is 4.60. The zero-order valence-electron chi connectivity index (χ0n) is 12.1. The van der Waals surface area contributed by atoms with Gasteiger partial charge in [-0.3, -0.25) is 0 Å². The van der Waals surface area contributed by atoms with Crippen molar-refractivity contribution >= 4 is 21.6 Å². The number of rotatable bonds is 3. The third kappa shape index (κ3) is 2.37. The summed E-state index contributed by atoms with van der Waals surface area (Å²) in [7, 11) is 0. The van der Waals surface area contributed by atoms with Crippen LogP contribution < -0.4 is 0 Å². The van der Waals surface area contributed by atoms with Gasteiger partial charge in [0.2, 0.25) is 5.88 Å². The predicted molar refractivity (Wildman–Crippen MR) is 81.0 cm³/mol. The highest BCUT2D eigenvalue weighted by atomic mass is 32.1. The molecule has 0 aliphatic carbocycles. The fourth-order valence-electron chi connectivity index (χ4n) is 1.71. The van der Waals surface area contributed by atoms with Crippen molar-refractivity contribution in [2.45, 2.75) is 46.0 Å². The van der Waals surface area contributed by atoms with Crippen LogP contribution in [0.4, 0.5) is 0 Å². The van der Waals surface area contributed by atoms with Crippen molar-refractivity contribution < 1.29 is 5.11 Å². The topological polar surface area (TPSA) is 46.0 Å². The molecule has 0 radical (unpaired) electrons. The van der Waals surface area contributed by atoms with Gasteiger partial charge in [0, 0.05) is 16.2 Å². The Bertz CT molecular complexity index is 641. The van der Waals surface area contributed by atoms with E-state index in [1.165, 1.54) is 0 Å². The van der Waals surface area contributed by atoms with E-state index < -0.39 is 0 Å². The minimum atomic E-state index is -0.115. The minimum absolute atomic E-state index is 0.0856. The molecule has 0 aliphatic rings. The summed E-state index contributed by atoms with van der Waals surface area (Å²) in [5, 5.41) is 10.1. The maximum Gasteiger partial charge on any atom is 0.232 e. The van der Waals surface area contributed by atoms with E-state index in [1.807, 2.05) is 26.8 Å². The summed E-state index contributed by atoms with van der Waals surface area (Å²) in [5.41, 5.74) is 1.80. The van der Waals surface area contributed by atoms with Gasteiger partial charge in [0.15, 0.2) is 0 Å². The number of allylic oxidation sites excluding steroid dienone is 1. The second-order valence-electron chi connectivity index (χ2n) is 5.79. The molecular weight excluding hydrogens is 256 g/mol. The fourth-order valence-corrected chi connectivity index (χ4v) is 2.87. The predicted octanol–water partition coefficient (Wildman–Crippen LogP) is 4.37. The van der Waals surface area contributed by atoms with Crippen molar-refractivity contribution in [1.29, 1.82) is 0 Å². The van der Waals surface area contributed by atoms with E-state index in [2.05, 4.69) is 30.4 Å². The van der Waals surface area contributed by atoms with Crippen LogP contribution in [-0.2, 0) is 5.41 Å². The van der Waals surface area contributed by atoms with Crippen LogP contribution in [0.3, 0.4) is 0 Å². The summed E-state index contributed by atoms with van der Waals surface area (Å²) in [6, 6.07) is 2.04. The first-order valence-electron chi connectivity index (χ1n) is 6.40. The molecule has 0 fully saturated rings. The molecule has 0 saturated carbocycles. The molecular formula is C15H20N2OS. The summed E-state index contributed by atoms with van der Waals surface area (Å²) < 4.78 is 0.758. The van der Waals surface area contributed by atoms with E-state index in [-0.39, 0.29) is 17.2 Å². The van der Waals surface area contributed by atoms with Crippen molar-refractivity contribution in [2.24, 2.45) is 0 Å². The molecule has 1 N–H and O–H groups in total. The molecule has 0 amide bonds. The summed E-state index contributed by atoms with van der Waals surface area (Å²) in [4.78, 5) is 9.87. The Hall–Kier alpha value is -1.42. The molecule has 0 atom stereocenters. The van der Waals surface area contributed by atoms with Gasteiger partial charge in [-0.15, -0.1) is 11.3 Å². The van der Waals surface area contributed by atoms with Gasteiger partial charge in [-0.25, -0.2) is 4.98 Å². The Morgan fingerprint density at radius 2 is 2.00 bits per heavy atom. The van der Waals surface area contributed by atoms with Gasteiger partial charge in [-0.1, -0.05) is 39.8 Å². The number of aromatic nitrogens is 2. The lowest BCUT2D eigenvalue weighted by atomic mass is 9.84. The van der Waals surface area contributed by atoms with E-state index in [0.29, 0.717) is 5.82 Å². The van der Waals surface area contributed by atoms with Crippen molar-refractivity contribution in [3.63, 3.8) is 0 Å². The molecule has 4 heteroatoms. The molecule has 2 rings (SSSR count). The van der Waals surface area contributed by atoms with E-state index in [4.69, 9.17) is 0 Å². The Morgan fingerprint density at radius 1 is 1.37 bits per heavy atom. The molecule has 0 aromatic carbocycles. The SMILES string of the molecule is C=C(C)C(C)(C)c1cc2nc(C(C)C)nc(O)c2s1. The van der Waals surface area contributed by atoms with Crippen LogP contribution in [0.2, 0.25) is 0 Å². The molecule has 0 saturated heterocycles. The zero-order valence-corrected chi connectivity index (χ0v) is 12.9. The molecule has 19 heavy (non-hydrogen) atoms. The second-order valence-corrected chi connectivity index (χ2v) is 6.84. The lowest BCUT2D eigenvalue weighted by Gasteiger charge is -2.23. The van der Waals surface area contributed by atoms with E-state index in [1.54, 1.807) is 11.3 Å². The van der Waals surface area contributed by atoms with Gasteiger partial charge in [0.1, 0.15) is 10.5 Å². The van der Waals surface area contributed by atoms with E-state index >= 15 is 0 Å². The number of thiophene rings is 1. The van der Waals surface area contributed by atoms with Crippen molar-refractivity contribution in [2.75, 3.05) is 0 Å². The third-order valence-electron chi connectivity index (χ3n) is 3.57. The monoisotopic (exact) mass is 276 g/mol. The minimum Gasteiger partial charge on any atom is -0.492 e. The molecule has 2 aromatic heterocycles. The van der Waals surface area contributed by atoms with Crippen LogP contribution in [0, 0.1) is 0 Å². The van der Waals surface area contributed by atoms with Gasteiger partial charge in [-0.2, -0.15) is 4.98 Å². The summed E-state index contributed by atoms with van der Waals surface area (Å²) in [6.07, 6.45) is 0. The Morgan fingerprint density at radius 3 is 2.53 bits per heavy atom. The van der Waals surface area contributed by atoms with Crippen LogP contribution in [-0.4, -0.2) is 15.1 Å². The highest BCUT2D eigenvalue weighted by Crippen LogP contribution is 2.40. The zero-order chi connectivity index (χ0) is 14.4. The third-order valence-corrected chi connectivity index (χ3v) is 5.01. The Labute approximate surface area is 118 Å². The van der Waals surface area contributed by atoms with Crippen LogP contribution in [0.15, 0.2) is 18.2 Å². The highest BCUT2D eigenvalue weighted by molar-refractivity contribution is 7.19. The Kier molecular flexibility index (Phi) is 3.39. The Balaban J connectivity index is 2.64. The number of hydrogen-bond donors (Lipinski definition) is 1. The average molecular weight is 276 g/mol. The number of fused-ring (bicyclic) bond motifs is 1. The summed E-state index contributed by atoms with van der Waals surface area (Å²) >= 11 is 1.54. The van der Waals surface area contributed by atoms with Crippen LogP contribution >= 0.6 is 11.3 Å². The van der Waals surface area contributed by atoms with Crippen molar-refractivity contribution in [3.05, 3.63) is 28.9 Å². The largest absolute Gasteiger partial charge is 0.492 e. The molecule has 2 heterocycles. The first kappa shape index (κ1) is 14.0. The van der Waals surface area contributed by atoms with Gasteiger partial charge in [0.25, 0.3) is 0 Å². The molecule has 0 aliphatic heterocycles. The maximum atomic E-state index is 10.1. The quantitative estimate of drug-likeness (QED) is 0.846. The standard InChI is InChI=1S/C15H20N2OS/c1-8(2)13-16-10-7-11(15(5,6)9(3)4)19-12(10)14(18)17-13/h7-8H,3H2,1-2,4-6H3,(H,16,17,18). The van der Waals surface area contributed by atoms with Crippen LogP contribution in [0.5, 0.6) is 5.88 Å². The van der Waals surface area contributed by atoms with Gasteiger partial charge in [-0.05, 0) is 13.0 Å².